The summed E-state index contributed by atoms with van der Waals surface area (Å²) in [5, 5.41) is 19.4. The maximum atomic E-state index is 10.8. The predicted molar refractivity (Wildman–Crippen MR) is 53.1 cm³/mol. The number of hydrogen-bond acceptors (Lipinski definition) is 3. The molecule has 2 atom stereocenters. The lowest BCUT2D eigenvalue weighted by molar-refractivity contribution is -0.130. The van der Waals surface area contributed by atoms with Gasteiger partial charge in [0.15, 0.2) is 5.78 Å². The van der Waals surface area contributed by atoms with E-state index in [1.807, 2.05) is 0 Å². The summed E-state index contributed by atoms with van der Waals surface area (Å²) in [5.41, 5.74) is 0.470. The number of ketones is 1. The van der Waals surface area contributed by atoms with Crippen molar-refractivity contribution in [3.8, 4) is 0 Å². The second-order valence-electron chi connectivity index (χ2n) is 3.05. The van der Waals surface area contributed by atoms with Crippen molar-refractivity contribution in [3.05, 3.63) is 34.9 Å². The van der Waals surface area contributed by atoms with Crippen molar-refractivity contribution in [2.45, 2.75) is 19.1 Å². The van der Waals surface area contributed by atoms with Crippen LogP contribution in [0.15, 0.2) is 24.3 Å². The van der Waals surface area contributed by atoms with Gasteiger partial charge in [-0.15, -0.1) is 0 Å². The van der Waals surface area contributed by atoms with Crippen LogP contribution in [-0.2, 0) is 4.79 Å². The van der Waals surface area contributed by atoms with Gasteiger partial charge in [0.1, 0.15) is 12.2 Å². The molecule has 0 saturated heterocycles. The van der Waals surface area contributed by atoms with E-state index in [2.05, 4.69) is 0 Å². The number of carbonyl (C=O) groups excluding carboxylic acids is 1. The van der Waals surface area contributed by atoms with Crippen LogP contribution in [-0.4, -0.2) is 22.1 Å². The van der Waals surface area contributed by atoms with Crippen LogP contribution in [0.2, 0.25) is 5.02 Å². The fourth-order valence-corrected chi connectivity index (χ4v) is 1.19. The van der Waals surface area contributed by atoms with E-state index >= 15 is 0 Å². The largest absolute Gasteiger partial charge is 0.385 e. The van der Waals surface area contributed by atoms with Gasteiger partial charge in [-0.1, -0.05) is 23.7 Å². The van der Waals surface area contributed by atoms with Crippen molar-refractivity contribution in [1.29, 1.82) is 0 Å². The van der Waals surface area contributed by atoms with Gasteiger partial charge in [-0.25, -0.2) is 0 Å². The minimum absolute atomic E-state index is 0.465. The van der Waals surface area contributed by atoms with Gasteiger partial charge in [-0.3, -0.25) is 4.79 Å². The van der Waals surface area contributed by atoms with E-state index in [0.717, 1.165) is 0 Å². The number of Topliss-reactive ketones (excluding diaryl/α,β-unsaturated/α-hetero) is 1. The van der Waals surface area contributed by atoms with E-state index in [-0.39, 0.29) is 0 Å². The van der Waals surface area contributed by atoms with Crippen LogP contribution in [0.3, 0.4) is 0 Å². The molecule has 0 fully saturated rings. The first-order chi connectivity index (χ1) is 6.52. The number of carbonyl (C=O) groups is 1. The van der Waals surface area contributed by atoms with Crippen LogP contribution < -0.4 is 0 Å². The van der Waals surface area contributed by atoms with Crippen LogP contribution in [0.1, 0.15) is 18.6 Å². The summed E-state index contributed by atoms with van der Waals surface area (Å²) in [4.78, 5) is 10.8. The quantitative estimate of drug-likeness (QED) is 0.798. The molecule has 76 valence electrons. The summed E-state index contributed by atoms with van der Waals surface area (Å²) in [6.45, 7) is 1.23. The third-order valence-electron chi connectivity index (χ3n) is 1.93. The molecule has 4 heteroatoms. The van der Waals surface area contributed by atoms with Gasteiger partial charge >= 0.3 is 0 Å². The topological polar surface area (TPSA) is 57.5 Å². The molecular formula is C10H11ClO3. The molecule has 0 aliphatic rings. The van der Waals surface area contributed by atoms with Crippen molar-refractivity contribution in [1.82, 2.24) is 0 Å². The van der Waals surface area contributed by atoms with Gasteiger partial charge in [0.2, 0.25) is 0 Å². The first-order valence-electron chi connectivity index (χ1n) is 4.14. The standard InChI is InChI=1S/C10H11ClO3/c1-6(12)9(13)10(14)7-2-4-8(11)5-3-7/h2-5,9-10,13-14H,1H3/t9-,10+/m1/s1. The highest BCUT2D eigenvalue weighted by molar-refractivity contribution is 6.30. The molecule has 0 heterocycles. The molecule has 1 aromatic rings. The molecule has 1 rings (SSSR count). The molecule has 0 aromatic heterocycles. The molecule has 0 amide bonds. The van der Waals surface area contributed by atoms with Gasteiger partial charge < -0.3 is 10.2 Å². The highest BCUT2D eigenvalue weighted by Gasteiger charge is 2.21. The number of benzene rings is 1. The zero-order valence-electron chi connectivity index (χ0n) is 7.64. The normalized spacial score (nSPS) is 14.9. The van der Waals surface area contributed by atoms with Crippen LogP contribution in [0.4, 0.5) is 0 Å². The summed E-state index contributed by atoms with van der Waals surface area (Å²) < 4.78 is 0. The molecule has 0 saturated carbocycles. The van der Waals surface area contributed by atoms with Crippen molar-refractivity contribution >= 4 is 17.4 Å². The number of hydrogen-bond donors (Lipinski definition) is 2. The molecule has 0 bridgehead atoms. The monoisotopic (exact) mass is 214 g/mol. The Labute approximate surface area is 86.9 Å². The van der Waals surface area contributed by atoms with Gasteiger partial charge in [0, 0.05) is 5.02 Å². The average Bonchev–Trinajstić information content (AvgIpc) is 2.16. The fourth-order valence-electron chi connectivity index (χ4n) is 1.06. The third kappa shape index (κ3) is 2.54. The number of aliphatic hydroxyl groups is 2. The molecule has 0 spiro atoms. The predicted octanol–water partition coefficient (Wildman–Crippen LogP) is 1.32. The lowest BCUT2D eigenvalue weighted by Gasteiger charge is -2.15. The van der Waals surface area contributed by atoms with Crippen LogP contribution in [0.5, 0.6) is 0 Å². The van der Waals surface area contributed by atoms with E-state index in [9.17, 15) is 15.0 Å². The van der Waals surface area contributed by atoms with Crippen molar-refractivity contribution in [2.75, 3.05) is 0 Å². The van der Waals surface area contributed by atoms with Gasteiger partial charge in [-0.05, 0) is 24.6 Å². The molecular weight excluding hydrogens is 204 g/mol. The molecule has 14 heavy (non-hydrogen) atoms. The van der Waals surface area contributed by atoms with Crippen molar-refractivity contribution < 1.29 is 15.0 Å². The zero-order valence-corrected chi connectivity index (χ0v) is 8.40. The average molecular weight is 215 g/mol. The lowest BCUT2D eigenvalue weighted by atomic mass is 10.0. The lowest BCUT2D eigenvalue weighted by Crippen LogP contribution is -2.25. The summed E-state index contributed by atoms with van der Waals surface area (Å²) in [7, 11) is 0. The maximum Gasteiger partial charge on any atom is 0.161 e. The molecule has 1 aromatic carbocycles. The molecule has 0 unspecified atom stereocenters. The Hall–Kier alpha value is -0.900. The Bertz CT molecular complexity index is 321. The van der Waals surface area contributed by atoms with E-state index in [0.29, 0.717) is 10.6 Å². The zero-order chi connectivity index (χ0) is 10.7. The van der Waals surface area contributed by atoms with E-state index in [1.54, 1.807) is 24.3 Å². The van der Waals surface area contributed by atoms with Crippen LogP contribution in [0, 0.1) is 0 Å². The van der Waals surface area contributed by atoms with E-state index in [4.69, 9.17) is 11.6 Å². The molecule has 3 nitrogen and oxygen atoms in total. The minimum Gasteiger partial charge on any atom is -0.385 e. The van der Waals surface area contributed by atoms with Crippen LogP contribution >= 0.6 is 11.6 Å². The molecule has 2 N–H and O–H groups in total. The van der Waals surface area contributed by atoms with Crippen LogP contribution in [0.25, 0.3) is 0 Å². The Morgan fingerprint density at radius 2 is 1.79 bits per heavy atom. The first kappa shape index (κ1) is 11.2. The van der Waals surface area contributed by atoms with Gasteiger partial charge in [0.05, 0.1) is 0 Å². The second-order valence-corrected chi connectivity index (χ2v) is 3.49. The first-order valence-corrected chi connectivity index (χ1v) is 4.52. The summed E-state index contributed by atoms with van der Waals surface area (Å²) in [5.74, 6) is -0.465. The number of halogens is 1. The Morgan fingerprint density at radius 1 is 1.29 bits per heavy atom. The molecule has 0 radical (unpaired) electrons. The molecule has 0 aliphatic heterocycles. The summed E-state index contributed by atoms with van der Waals surface area (Å²) >= 11 is 5.65. The minimum atomic E-state index is -1.38. The fraction of sp³-hybridized carbons (Fsp3) is 0.300. The van der Waals surface area contributed by atoms with E-state index in [1.165, 1.54) is 6.92 Å². The number of aliphatic hydroxyl groups excluding tert-OH is 2. The molecule has 0 aliphatic carbocycles. The van der Waals surface area contributed by atoms with Gasteiger partial charge in [0.25, 0.3) is 0 Å². The Morgan fingerprint density at radius 3 is 2.21 bits per heavy atom. The smallest absolute Gasteiger partial charge is 0.161 e. The second kappa shape index (κ2) is 4.55. The Kier molecular flexibility index (Phi) is 3.63. The SMILES string of the molecule is CC(=O)[C@@H](O)[C@@H](O)c1ccc(Cl)cc1. The highest BCUT2D eigenvalue weighted by atomic mass is 35.5. The van der Waals surface area contributed by atoms with Crippen molar-refractivity contribution in [2.24, 2.45) is 0 Å². The van der Waals surface area contributed by atoms with Gasteiger partial charge in [-0.2, -0.15) is 0 Å². The summed E-state index contributed by atoms with van der Waals surface area (Å²) in [6, 6.07) is 6.32. The highest BCUT2D eigenvalue weighted by Crippen LogP contribution is 2.19. The maximum absolute atomic E-state index is 10.8. The third-order valence-corrected chi connectivity index (χ3v) is 2.18. The van der Waals surface area contributed by atoms with E-state index < -0.39 is 18.0 Å². The summed E-state index contributed by atoms with van der Waals surface area (Å²) in [6.07, 6.45) is -2.57. The number of rotatable bonds is 3. The van der Waals surface area contributed by atoms with Crippen molar-refractivity contribution in [3.63, 3.8) is 0 Å². The Balaban J connectivity index is 2.84.